The molecule has 0 saturated carbocycles. The minimum absolute atomic E-state index is 0.0141. The number of carbonyl (C=O) groups excluding carboxylic acids is 3. The Morgan fingerprint density at radius 1 is 1.12 bits per heavy atom. The molecular formula is C33H36N4O4. The first-order chi connectivity index (χ1) is 23.6. The highest BCUT2D eigenvalue weighted by Gasteiger charge is 2.29. The largest absolute Gasteiger partial charge is 0.465 e. The molecule has 1 N–H and O–H groups in total. The van der Waals surface area contributed by atoms with Crippen LogP contribution in [0.2, 0.25) is 0 Å². The van der Waals surface area contributed by atoms with Gasteiger partial charge in [-0.25, -0.2) is 4.79 Å². The maximum Gasteiger partial charge on any atom is 0.337 e. The van der Waals surface area contributed by atoms with E-state index in [1.165, 1.54) is 11.9 Å². The summed E-state index contributed by atoms with van der Waals surface area (Å²) in [7, 11) is 3.62. The van der Waals surface area contributed by atoms with Crippen LogP contribution in [0.4, 0.5) is 11.4 Å². The standard InChI is InChI=1S/C33H36N4O4/c1-22-20-37(17-16-35(22)2)21-30(38)36(3)26-13-10-23(11-14-26)18-28(24-8-6-5-7-9-24)31-27-15-12-25(33(40)41-4)19-29(27)34-32(31)39/h5-15,19,22H,16-18,20-21H2,1-4H3,(H,34,39)/b31-28+/i12D,15D,16D2,17D2,19D,20D2,22D. The van der Waals surface area contributed by atoms with Crippen molar-refractivity contribution >= 4 is 40.3 Å². The molecule has 1 saturated heterocycles. The highest BCUT2D eigenvalue weighted by molar-refractivity contribution is 6.37. The predicted octanol–water partition coefficient (Wildman–Crippen LogP) is 4.18. The first-order valence-electron chi connectivity index (χ1n) is 17.8. The van der Waals surface area contributed by atoms with Gasteiger partial charge in [-0.3, -0.25) is 14.5 Å². The molecule has 8 nitrogen and oxygen atoms in total. The van der Waals surface area contributed by atoms with Crippen LogP contribution in [0.3, 0.4) is 0 Å². The average molecular weight is 563 g/mol. The molecule has 0 aliphatic carbocycles. The molecule has 41 heavy (non-hydrogen) atoms. The summed E-state index contributed by atoms with van der Waals surface area (Å²) < 4.78 is 89.7. The lowest BCUT2D eigenvalue weighted by atomic mass is 9.90. The van der Waals surface area contributed by atoms with E-state index in [9.17, 15) is 14.4 Å². The van der Waals surface area contributed by atoms with Crippen LogP contribution in [0, 0.1) is 0 Å². The highest BCUT2D eigenvalue weighted by atomic mass is 16.5. The van der Waals surface area contributed by atoms with Gasteiger partial charge in [-0.15, -0.1) is 0 Å². The second-order valence-corrected chi connectivity index (χ2v) is 9.53. The number of allylic oxidation sites excluding steroid dienone is 1. The molecule has 0 radical (unpaired) electrons. The SMILES string of the molecule is [2H]c1c([2H])c2c(c([2H])c1C(=O)OC)NC(=O)/C2=C(\Cc1ccc(N(C)C(=O)CN2C([2H])([2H])C([2H])([2H])N(C)C([2H])(C)C2([2H])[2H])cc1)c1ccccc1. The Bertz CT molecular complexity index is 1920. The van der Waals surface area contributed by atoms with Crippen molar-refractivity contribution in [2.24, 2.45) is 0 Å². The second-order valence-electron chi connectivity index (χ2n) is 9.53. The number of benzene rings is 3. The van der Waals surface area contributed by atoms with Crippen LogP contribution in [-0.4, -0.2) is 80.8 Å². The molecule has 0 bridgehead atoms. The van der Waals surface area contributed by atoms with Gasteiger partial charge in [0.15, 0.2) is 0 Å². The highest BCUT2D eigenvalue weighted by Crippen LogP contribution is 2.39. The van der Waals surface area contributed by atoms with E-state index >= 15 is 0 Å². The summed E-state index contributed by atoms with van der Waals surface area (Å²) in [5.41, 5.74) is 1.65. The van der Waals surface area contributed by atoms with Crippen molar-refractivity contribution in [3.8, 4) is 0 Å². The number of nitrogens with one attached hydrogen (secondary N) is 1. The fraction of sp³-hybridized carbons (Fsp3) is 0.303. The zero-order chi connectivity index (χ0) is 38.0. The van der Waals surface area contributed by atoms with Gasteiger partial charge in [-0.2, -0.15) is 0 Å². The third-order valence-corrected chi connectivity index (χ3v) is 6.87. The number of piperazine rings is 1. The van der Waals surface area contributed by atoms with E-state index < -0.39 is 73.5 Å². The van der Waals surface area contributed by atoms with E-state index in [1.807, 2.05) is 0 Å². The first-order valence-corrected chi connectivity index (χ1v) is 12.8. The molecule has 8 heteroatoms. The van der Waals surface area contributed by atoms with Crippen molar-refractivity contribution < 1.29 is 32.8 Å². The van der Waals surface area contributed by atoms with Crippen LogP contribution in [0.25, 0.3) is 11.1 Å². The van der Waals surface area contributed by atoms with Crippen molar-refractivity contribution in [3.63, 3.8) is 0 Å². The van der Waals surface area contributed by atoms with E-state index in [0.717, 1.165) is 21.1 Å². The van der Waals surface area contributed by atoms with E-state index in [-0.39, 0.29) is 23.2 Å². The number of hydrogen-bond donors (Lipinski definition) is 1. The van der Waals surface area contributed by atoms with Crippen molar-refractivity contribution in [1.29, 1.82) is 0 Å². The lowest BCUT2D eigenvalue weighted by Gasteiger charge is -2.37. The number of amides is 2. The van der Waals surface area contributed by atoms with E-state index in [0.29, 0.717) is 32.2 Å². The van der Waals surface area contributed by atoms with Gasteiger partial charge in [0.2, 0.25) is 5.91 Å². The number of fused-ring (bicyclic) bond motifs is 1. The number of anilines is 2. The monoisotopic (exact) mass is 562 g/mol. The minimum atomic E-state index is -2.99. The molecule has 0 aromatic heterocycles. The number of ether oxygens (including phenoxy) is 1. The van der Waals surface area contributed by atoms with Crippen molar-refractivity contribution in [1.82, 2.24) is 9.80 Å². The summed E-state index contributed by atoms with van der Waals surface area (Å²) >= 11 is 0. The Labute approximate surface area is 255 Å². The Morgan fingerprint density at radius 3 is 2.56 bits per heavy atom. The number of nitrogens with zero attached hydrogens (tertiary/aromatic N) is 3. The Morgan fingerprint density at radius 2 is 1.85 bits per heavy atom. The maximum absolute atomic E-state index is 13.5. The van der Waals surface area contributed by atoms with Crippen molar-refractivity contribution in [2.45, 2.75) is 19.4 Å². The molecule has 1 atom stereocenters. The third-order valence-electron chi connectivity index (χ3n) is 6.87. The first kappa shape index (κ1) is 18.2. The van der Waals surface area contributed by atoms with Gasteiger partial charge >= 0.3 is 5.97 Å². The van der Waals surface area contributed by atoms with Crippen molar-refractivity contribution in [2.75, 3.05) is 57.5 Å². The quantitative estimate of drug-likeness (QED) is 0.344. The number of esters is 1. The molecule has 1 fully saturated rings. The van der Waals surface area contributed by atoms with Crippen molar-refractivity contribution in [3.05, 3.63) is 95.0 Å². The molecular weight excluding hydrogens is 516 g/mol. The van der Waals surface area contributed by atoms with Gasteiger partial charge in [0.05, 0.1) is 28.9 Å². The molecule has 212 valence electrons. The minimum Gasteiger partial charge on any atom is -0.465 e. The normalized spacial score (nSPS) is 27.5. The van der Waals surface area contributed by atoms with Gasteiger partial charge in [0.25, 0.3) is 5.91 Å². The fourth-order valence-electron chi connectivity index (χ4n) is 4.47. The number of hydrogen-bond acceptors (Lipinski definition) is 6. The number of likely N-dealkylation sites (N-methyl/N-ethyl adjacent to an activating group) is 2. The summed E-state index contributed by atoms with van der Waals surface area (Å²) in [5.74, 6) is -2.35. The maximum atomic E-state index is 13.5. The van der Waals surface area contributed by atoms with E-state index in [1.54, 1.807) is 54.6 Å². The van der Waals surface area contributed by atoms with Crippen LogP contribution in [-0.2, 0) is 20.7 Å². The molecule has 2 heterocycles. The summed E-state index contributed by atoms with van der Waals surface area (Å²) in [4.78, 5) is 41.6. The zero-order valence-corrected chi connectivity index (χ0v) is 23.1. The third kappa shape index (κ3) is 6.09. The Balaban J connectivity index is 1.49. The van der Waals surface area contributed by atoms with E-state index in [4.69, 9.17) is 18.4 Å². The summed E-state index contributed by atoms with van der Waals surface area (Å²) in [5, 5.41) is 2.60. The van der Waals surface area contributed by atoms with Gasteiger partial charge < -0.3 is 19.9 Å². The van der Waals surface area contributed by atoms with E-state index in [2.05, 4.69) is 5.32 Å². The second kappa shape index (κ2) is 12.1. The summed E-state index contributed by atoms with van der Waals surface area (Å²) in [6.07, 6.45) is 0.127. The topological polar surface area (TPSA) is 82.2 Å². The van der Waals surface area contributed by atoms with Crippen LogP contribution < -0.4 is 10.2 Å². The molecule has 2 amide bonds. The van der Waals surface area contributed by atoms with Crippen LogP contribution in [0.1, 0.15) is 47.7 Å². The number of methoxy groups -OCH3 is 1. The zero-order valence-electron chi connectivity index (χ0n) is 33.1. The number of carbonyl (C=O) groups is 3. The average Bonchev–Trinajstić information content (AvgIpc) is 3.44. The number of rotatable bonds is 7. The molecule has 2 aliphatic rings. The molecule has 0 spiro atoms. The van der Waals surface area contributed by atoms with Gasteiger partial charge in [0.1, 0.15) is 0 Å². The Hall–Kier alpha value is -4.27. The molecule has 3 aromatic rings. The van der Waals surface area contributed by atoms with Crippen LogP contribution >= 0.6 is 0 Å². The molecule has 5 rings (SSSR count). The summed E-state index contributed by atoms with van der Waals surface area (Å²) in [6.45, 7) is -8.33. The lowest BCUT2D eigenvalue weighted by Crippen LogP contribution is -2.52. The smallest absolute Gasteiger partial charge is 0.337 e. The molecule has 3 aromatic carbocycles. The summed E-state index contributed by atoms with van der Waals surface area (Å²) in [6, 6.07) is 11.7. The molecule has 1 unspecified atom stereocenters. The lowest BCUT2D eigenvalue weighted by molar-refractivity contribution is -0.120. The van der Waals surface area contributed by atoms with Crippen LogP contribution in [0.5, 0.6) is 0 Å². The predicted molar refractivity (Wildman–Crippen MR) is 162 cm³/mol. The molecule has 2 aliphatic heterocycles. The van der Waals surface area contributed by atoms with Crippen LogP contribution in [0.15, 0.2) is 72.7 Å². The van der Waals surface area contributed by atoms with Gasteiger partial charge in [-0.1, -0.05) is 48.5 Å². The Kier molecular flexibility index (Phi) is 5.37. The van der Waals surface area contributed by atoms with Gasteiger partial charge in [-0.05, 0) is 61.3 Å². The van der Waals surface area contributed by atoms with Gasteiger partial charge in [0, 0.05) is 59.1 Å². The fourth-order valence-corrected chi connectivity index (χ4v) is 4.47.